The molecular weight excluding hydrogens is 186 g/mol. The highest BCUT2D eigenvalue weighted by atomic mass is 35.5. The number of nitrogens with two attached hydrogens (primary N) is 2. The highest BCUT2D eigenvalue weighted by Gasteiger charge is 2.05. The van der Waals surface area contributed by atoms with Crippen LogP contribution in [0, 0.1) is 11.3 Å². The Morgan fingerprint density at radius 1 is 1.46 bits per heavy atom. The zero-order valence-electron chi connectivity index (χ0n) is 7.05. The monoisotopic (exact) mass is 195 g/mol. The van der Waals surface area contributed by atoms with Crippen molar-refractivity contribution in [2.24, 2.45) is 5.73 Å². The van der Waals surface area contributed by atoms with Gasteiger partial charge in [0.05, 0.1) is 12.5 Å². The second-order valence-electron chi connectivity index (χ2n) is 2.68. The van der Waals surface area contributed by atoms with Gasteiger partial charge in [0.25, 0.3) is 0 Å². The fourth-order valence-electron chi connectivity index (χ4n) is 1.12. The van der Waals surface area contributed by atoms with Crippen molar-refractivity contribution in [3.8, 4) is 6.07 Å². The van der Waals surface area contributed by atoms with Crippen LogP contribution in [-0.4, -0.2) is 0 Å². The third-order valence-electron chi connectivity index (χ3n) is 1.78. The quantitative estimate of drug-likeness (QED) is 0.702. The lowest BCUT2D eigenvalue weighted by Gasteiger charge is -2.07. The third-order valence-corrected chi connectivity index (χ3v) is 2.11. The largest absolute Gasteiger partial charge is 0.398 e. The van der Waals surface area contributed by atoms with Crippen molar-refractivity contribution in [2.75, 3.05) is 5.73 Å². The normalized spacial score (nSPS) is 9.62. The molecule has 0 radical (unpaired) electrons. The predicted octanol–water partition coefficient (Wildman–Crippen LogP) is 1.45. The molecule has 0 bridgehead atoms. The number of hydrogen-bond acceptors (Lipinski definition) is 3. The van der Waals surface area contributed by atoms with Gasteiger partial charge in [-0.2, -0.15) is 5.26 Å². The van der Waals surface area contributed by atoms with Crippen molar-refractivity contribution >= 4 is 17.3 Å². The van der Waals surface area contributed by atoms with Crippen LogP contribution >= 0.6 is 11.6 Å². The van der Waals surface area contributed by atoms with Crippen molar-refractivity contribution < 1.29 is 0 Å². The summed E-state index contributed by atoms with van der Waals surface area (Å²) in [5.74, 6) is 0. The Hall–Kier alpha value is -1.24. The Bertz CT molecular complexity index is 331. The summed E-state index contributed by atoms with van der Waals surface area (Å²) in [6, 6.07) is 5.49. The van der Waals surface area contributed by atoms with E-state index in [4.69, 9.17) is 28.3 Å². The number of rotatable bonds is 2. The zero-order chi connectivity index (χ0) is 9.84. The molecular formula is C9H10ClN3. The van der Waals surface area contributed by atoms with Crippen LogP contribution in [0.2, 0.25) is 5.02 Å². The molecule has 0 heterocycles. The molecule has 0 unspecified atom stereocenters. The fraction of sp³-hybridized carbons (Fsp3) is 0.222. The van der Waals surface area contributed by atoms with Crippen LogP contribution in [0.15, 0.2) is 12.1 Å². The molecule has 4 N–H and O–H groups in total. The minimum atomic E-state index is 0.314. The first kappa shape index (κ1) is 9.85. The van der Waals surface area contributed by atoms with E-state index in [1.165, 1.54) is 0 Å². The molecule has 0 aliphatic carbocycles. The van der Waals surface area contributed by atoms with Crippen LogP contribution in [0.25, 0.3) is 0 Å². The summed E-state index contributed by atoms with van der Waals surface area (Å²) in [4.78, 5) is 0. The standard InChI is InChI=1S/C9H10ClN3/c10-8-3-6(1-2-11)4-9(13)7(8)5-12/h3-4H,1,5,12-13H2. The average molecular weight is 196 g/mol. The minimum absolute atomic E-state index is 0.314. The van der Waals surface area contributed by atoms with Gasteiger partial charge in [-0.3, -0.25) is 0 Å². The van der Waals surface area contributed by atoms with E-state index in [0.29, 0.717) is 23.7 Å². The van der Waals surface area contributed by atoms with E-state index in [-0.39, 0.29) is 0 Å². The lowest BCUT2D eigenvalue weighted by Crippen LogP contribution is -2.03. The highest BCUT2D eigenvalue weighted by molar-refractivity contribution is 6.31. The summed E-state index contributed by atoms with van der Waals surface area (Å²) in [6.45, 7) is 0.317. The van der Waals surface area contributed by atoms with E-state index in [1.807, 2.05) is 6.07 Å². The lowest BCUT2D eigenvalue weighted by molar-refractivity contribution is 1.07. The zero-order valence-corrected chi connectivity index (χ0v) is 7.80. The number of halogens is 1. The summed E-state index contributed by atoms with van der Waals surface area (Å²) < 4.78 is 0. The molecule has 4 heteroatoms. The van der Waals surface area contributed by atoms with Crippen LogP contribution in [0.1, 0.15) is 11.1 Å². The topological polar surface area (TPSA) is 75.8 Å². The van der Waals surface area contributed by atoms with Gasteiger partial charge >= 0.3 is 0 Å². The van der Waals surface area contributed by atoms with Crippen molar-refractivity contribution in [3.63, 3.8) is 0 Å². The summed E-state index contributed by atoms with van der Waals surface area (Å²) in [5, 5.41) is 9.00. The first-order chi connectivity index (χ1) is 6.19. The van der Waals surface area contributed by atoms with E-state index >= 15 is 0 Å². The summed E-state index contributed by atoms with van der Waals surface area (Å²) in [6.07, 6.45) is 0.314. The van der Waals surface area contributed by atoms with Crippen molar-refractivity contribution in [1.82, 2.24) is 0 Å². The Balaban J connectivity index is 3.14. The maximum Gasteiger partial charge on any atom is 0.0669 e. The van der Waals surface area contributed by atoms with Gasteiger partial charge < -0.3 is 11.5 Å². The Morgan fingerprint density at radius 3 is 2.62 bits per heavy atom. The number of benzene rings is 1. The minimum Gasteiger partial charge on any atom is -0.398 e. The van der Waals surface area contributed by atoms with Crippen LogP contribution in [0.5, 0.6) is 0 Å². The van der Waals surface area contributed by atoms with Gasteiger partial charge in [-0.05, 0) is 17.7 Å². The number of anilines is 1. The molecule has 0 fully saturated rings. The Morgan fingerprint density at radius 2 is 2.15 bits per heavy atom. The number of nitrogens with zero attached hydrogens (tertiary/aromatic N) is 1. The SMILES string of the molecule is N#CCc1cc(N)c(CN)c(Cl)c1. The van der Waals surface area contributed by atoms with Gasteiger partial charge in [0.15, 0.2) is 0 Å². The molecule has 1 aromatic rings. The molecule has 1 rings (SSSR count). The molecule has 3 nitrogen and oxygen atoms in total. The van der Waals surface area contributed by atoms with Crippen LogP contribution in [-0.2, 0) is 13.0 Å². The number of nitrogen functional groups attached to an aromatic ring is 1. The summed E-state index contributed by atoms with van der Waals surface area (Å²) >= 11 is 5.90. The van der Waals surface area contributed by atoms with E-state index in [2.05, 4.69) is 0 Å². The molecule has 68 valence electrons. The summed E-state index contributed by atoms with van der Waals surface area (Å²) in [7, 11) is 0. The maximum atomic E-state index is 8.47. The van der Waals surface area contributed by atoms with Crippen LogP contribution < -0.4 is 11.5 Å². The Labute approximate surface area is 81.9 Å². The summed E-state index contributed by atoms with van der Waals surface area (Å²) in [5.41, 5.74) is 13.3. The Kier molecular flexibility index (Phi) is 3.13. The average Bonchev–Trinajstić information content (AvgIpc) is 2.04. The van der Waals surface area contributed by atoms with Gasteiger partial charge in [-0.1, -0.05) is 11.6 Å². The number of hydrogen-bond donors (Lipinski definition) is 2. The first-order valence-corrected chi connectivity index (χ1v) is 4.20. The van der Waals surface area contributed by atoms with E-state index in [9.17, 15) is 0 Å². The third kappa shape index (κ3) is 2.11. The molecule has 0 saturated carbocycles. The first-order valence-electron chi connectivity index (χ1n) is 3.82. The van der Waals surface area contributed by atoms with Gasteiger partial charge in [0.1, 0.15) is 0 Å². The molecule has 0 atom stereocenters. The fourth-order valence-corrected chi connectivity index (χ4v) is 1.45. The number of nitriles is 1. The van der Waals surface area contributed by atoms with E-state index in [1.54, 1.807) is 12.1 Å². The molecule has 0 aliphatic heterocycles. The maximum absolute atomic E-state index is 8.47. The molecule has 0 aromatic heterocycles. The molecule has 13 heavy (non-hydrogen) atoms. The van der Waals surface area contributed by atoms with Gasteiger partial charge in [0, 0.05) is 22.8 Å². The molecule has 0 saturated heterocycles. The second kappa shape index (κ2) is 4.13. The van der Waals surface area contributed by atoms with Crippen molar-refractivity contribution in [2.45, 2.75) is 13.0 Å². The van der Waals surface area contributed by atoms with E-state index < -0.39 is 0 Å². The van der Waals surface area contributed by atoms with Crippen LogP contribution in [0.4, 0.5) is 5.69 Å². The van der Waals surface area contributed by atoms with Crippen molar-refractivity contribution in [1.29, 1.82) is 5.26 Å². The van der Waals surface area contributed by atoms with Crippen molar-refractivity contribution in [3.05, 3.63) is 28.3 Å². The van der Waals surface area contributed by atoms with Gasteiger partial charge in [-0.25, -0.2) is 0 Å². The molecule has 0 amide bonds. The lowest BCUT2D eigenvalue weighted by atomic mass is 10.1. The van der Waals surface area contributed by atoms with E-state index in [0.717, 1.165) is 11.1 Å². The molecule has 0 aliphatic rings. The highest BCUT2D eigenvalue weighted by Crippen LogP contribution is 2.24. The van der Waals surface area contributed by atoms with Gasteiger partial charge in [0.2, 0.25) is 0 Å². The smallest absolute Gasteiger partial charge is 0.0669 e. The van der Waals surface area contributed by atoms with Crippen LogP contribution in [0.3, 0.4) is 0 Å². The second-order valence-corrected chi connectivity index (χ2v) is 3.09. The molecule has 0 spiro atoms. The van der Waals surface area contributed by atoms with Gasteiger partial charge in [-0.15, -0.1) is 0 Å². The molecule has 1 aromatic carbocycles. The predicted molar refractivity (Wildman–Crippen MR) is 53.1 cm³/mol.